The molecule has 2 saturated carbocycles. The normalized spacial score (nSPS) is 28.8. The average Bonchev–Trinajstić information content (AvgIpc) is 1.41. The summed E-state index contributed by atoms with van der Waals surface area (Å²) in [4.78, 5) is 41.1. The van der Waals surface area contributed by atoms with Gasteiger partial charge in [0.2, 0.25) is 18.4 Å². The number of benzene rings is 4. The summed E-state index contributed by atoms with van der Waals surface area (Å²) >= 11 is 6.81. The van der Waals surface area contributed by atoms with Gasteiger partial charge >= 0.3 is 5.97 Å². The Labute approximate surface area is 518 Å². The number of aryl methyl sites for hydroxylation is 1. The maximum absolute atomic E-state index is 14.1. The first kappa shape index (κ1) is 61.7. The van der Waals surface area contributed by atoms with E-state index in [1.165, 1.54) is 26.2 Å². The topological polar surface area (TPSA) is 238 Å². The largest absolute Gasteiger partial charge is 0.493 e. The van der Waals surface area contributed by atoms with E-state index in [1.807, 2.05) is 35.0 Å². The number of esters is 1. The molecule has 5 N–H and O–H groups in total. The lowest BCUT2D eigenvalue weighted by Crippen LogP contribution is -2.63. The van der Waals surface area contributed by atoms with Crippen molar-refractivity contribution in [2.45, 2.75) is 154 Å². The van der Waals surface area contributed by atoms with E-state index in [-0.39, 0.29) is 61.7 Å². The van der Waals surface area contributed by atoms with Crippen LogP contribution in [0.4, 0.5) is 0 Å². The number of halogens is 1. The van der Waals surface area contributed by atoms with Crippen molar-refractivity contribution in [3.8, 4) is 40.0 Å². The highest BCUT2D eigenvalue weighted by molar-refractivity contribution is 6.31. The van der Waals surface area contributed by atoms with Gasteiger partial charge in [-0.3, -0.25) is 19.1 Å². The molecule has 3 saturated heterocycles. The highest BCUT2D eigenvalue weighted by Gasteiger charge is 2.60. The second-order valence-electron chi connectivity index (χ2n) is 25.7. The van der Waals surface area contributed by atoms with E-state index in [4.69, 9.17) is 64.1 Å². The summed E-state index contributed by atoms with van der Waals surface area (Å²) in [5.41, 5.74) is 7.54. The monoisotopic (exact) mass is 1230 g/mol. The number of amides is 2. The quantitative estimate of drug-likeness (QED) is 0.0304. The van der Waals surface area contributed by atoms with Crippen LogP contribution in [0.15, 0.2) is 72.8 Å². The highest BCUT2D eigenvalue weighted by atomic mass is 35.5. The molecule has 4 aliphatic heterocycles. The number of aliphatic hydroxyl groups excluding tert-OH is 2. The summed E-state index contributed by atoms with van der Waals surface area (Å²) in [7, 11) is 3.02. The van der Waals surface area contributed by atoms with Gasteiger partial charge in [0.15, 0.2) is 41.3 Å². The Bertz CT molecular complexity index is 3350. The number of cyclic esters (lactones) is 1. The number of ether oxygens (including phenoxy) is 10. The Morgan fingerprint density at radius 2 is 1.60 bits per heavy atom. The van der Waals surface area contributed by atoms with Gasteiger partial charge in [0, 0.05) is 41.6 Å². The van der Waals surface area contributed by atoms with Gasteiger partial charge in [0.25, 0.3) is 5.91 Å². The van der Waals surface area contributed by atoms with E-state index in [1.54, 1.807) is 19.1 Å². The van der Waals surface area contributed by atoms with Crippen molar-refractivity contribution < 1.29 is 72.0 Å². The number of aliphatic hydroxyl groups is 2. The molecule has 20 nitrogen and oxygen atoms in total. The van der Waals surface area contributed by atoms with E-state index < -0.39 is 66.8 Å². The fourth-order valence-corrected chi connectivity index (χ4v) is 15.0. The number of nitrogens with zero attached hydrogens (tertiary/aromatic N) is 2. The van der Waals surface area contributed by atoms with Crippen LogP contribution in [0.25, 0.3) is 11.3 Å². The predicted octanol–water partition coefficient (Wildman–Crippen LogP) is 8.69. The smallest absolute Gasteiger partial charge is 0.310 e. The molecule has 3 aliphatic carbocycles. The maximum atomic E-state index is 14.1. The molecule has 5 aromatic rings. The standard InChI is InChI=1S/C67H82ClN5O15/c1-36-12-14-38(15-13-36)32-73-48(29-47(72-73)62(77)71-65-66(3,4)42-18-20-67(65,5)30-42)39-16-17-46(68)41(24-39)31-69-21-10-8-9-11-22-70-54(74)19-23-81-60-51(79-6)25-40(26-52(60)80-7)55-43-27-49-50(85-35-84-49)28-44(43)59(45-33-83-63(78)56(45)55)88-64-58(76)57(75)61-53(87-64)34-82-37(2)86-61/h12-17,24-29,37,42,45,53,55-59,61,64-65,69,75-76H,8-11,18-23,30-35H2,1-7H3,(H,70,74)(H,71,77)/t37-,42?,45+,53-,55-,56+,57-,58-,59-,61-,64-,65?,67?/m1/s1. The molecule has 5 heterocycles. The van der Waals surface area contributed by atoms with Crippen LogP contribution >= 0.6 is 11.6 Å². The molecule has 2 bridgehead atoms. The van der Waals surface area contributed by atoms with Crippen LogP contribution in [0.3, 0.4) is 0 Å². The Kier molecular flexibility index (Phi) is 18.1. The zero-order valence-corrected chi connectivity index (χ0v) is 51.9. The molecule has 7 aliphatic rings. The third-order valence-electron chi connectivity index (χ3n) is 19.6. The summed E-state index contributed by atoms with van der Waals surface area (Å²) in [6, 6.07) is 23.6. The minimum atomic E-state index is -1.48. The third kappa shape index (κ3) is 12.3. The fourth-order valence-electron chi connectivity index (χ4n) is 14.9. The van der Waals surface area contributed by atoms with Crippen LogP contribution in [0.1, 0.15) is 135 Å². The maximum Gasteiger partial charge on any atom is 0.310 e. The van der Waals surface area contributed by atoms with Gasteiger partial charge in [0.05, 0.1) is 64.7 Å². The summed E-state index contributed by atoms with van der Waals surface area (Å²) < 4.78 is 61.6. The van der Waals surface area contributed by atoms with Gasteiger partial charge in [-0.2, -0.15) is 5.10 Å². The van der Waals surface area contributed by atoms with Crippen LogP contribution in [0.5, 0.6) is 28.7 Å². The molecule has 13 atom stereocenters. The van der Waals surface area contributed by atoms with Crippen LogP contribution in [0.2, 0.25) is 5.02 Å². The van der Waals surface area contributed by atoms with E-state index in [0.717, 1.165) is 67.5 Å². The molecule has 12 rings (SSSR count). The van der Waals surface area contributed by atoms with Crippen molar-refractivity contribution in [2.75, 3.05) is 53.9 Å². The van der Waals surface area contributed by atoms with E-state index >= 15 is 0 Å². The van der Waals surface area contributed by atoms with Crippen molar-refractivity contribution in [3.63, 3.8) is 0 Å². The first-order valence-corrected chi connectivity index (χ1v) is 31.4. The summed E-state index contributed by atoms with van der Waals surface area (Å²) in [5.74, 6) is -0.177. The molecule has 3 unspecified atom stereocenters. The van der Waals surface area contributed by atoms with Crippen molar-refractivity contribution in [2.24, 2.45) is 28.6 Å². The molecule has 0 spiro atoms. The molecule has 4 aromatic carbocycles. The first-order valence-electron chi connectivity index (χ1n) is 31.0. The zero-order valence-electron chi connectivity index (χ0n) is 51.1. The molecule has 1 aromatic heterocycles. The number of methoxy groups -OCH3 is 2. The second-order valence-corrected chi connectivity index (χ2v) is 26.1. The SMILES string of the molecule is COc1cc([C@@H]2c3cc4c(cc3[C@@H](O[C@H]3O[C@@H]5CO[C@@H](C)O[C@H]5[C@H](O)[C@H]3O)[C@H]3COC(=O)[C@H]23)OCO4)cc(OC)c1OCCC(=O)NCCCCCCNCc1cc(-c2cc(C(=O)NC3C4(C)CCC(C4)C3(C)C)nn2Cc2ccc(C)cc2)ccc1Cl. The molecule has 0 radical (unpaired) electrons. The van der Waals surface area contributed by atoms with Crippen LogP contribution in [0, 0.1) is 35.5 Å². The Morgan fingerprint density at radius 3 is 2.33 bits per heavy atom. The van der Waals surface area contributed by atoms with Gasteiger partial charge in [-0.25, -0.2) is 0 Å². The van der Waals surface area contributed by atoms with Gasteiger partial charge in [-0.15, -0.1) is 0 Å². The fraction of sp³-hybridized carbons (Fsp3) is 0.552. The number of aromatic nitrogens is 2. The van der Waals surface area contributed by atoms with Crippen molar-refractivity contribution in [1.29, 1.82) is 0 Å². The number of unbranched alkanes of at least 4 members (excludes halogenated alkanes) is 3. The minimum Gasteiger partial charge on any atom is -0.493 e. The first-order chi connectivity index (χ1) is 42.4. The van der Waals surface area contributed by atoms with Crippen molar-refractivity contribution >= 4 is 29.4 Å². The van der Waals surface area contributed by atoms with Gasteiger partial charge in [0.1, 0.15) is 24.4 Å². The molecular weight excluding hydrogens is 1150 g/mol. The third-order valence-corrected chi connectivity index (χ3v) is 19.9. The summed E-state index contributed by atoms with van der Waals surface area (Å²) in [6.07, 6.45) is 0.154. The summed E-state index contributed by atoms with van der Waals surface area (Å²) in [6.45, 7) is 13.3. The lowest BCUT2D eigenvalue weighted by Gasteiger charge is -2.47. The number of hydrogen-bond acceptors (Lipinski definition) is 17. The van der Waals surface area contributed by atoms with Crippen molar-refractivity contribution in [1.82, 2.24) is 25.7 Å². The molecule has 5 fully saturated rings. The van der Waals surface area contributed by atoms with Gasteiger partial charge in [-0.05, 0) is 140 Å². The number of hydrogen-bond donors (Lipinski definition) is 5. The number of carbonyl (C=O) groups excluding carboxylic acids is 3. The average molecular weight is 1230 g/mol. The van der Waals surface area contributed by atoms with E-state index in [0.29, 0.717) is 81.7 Å². The Morgan fingerprint density at radius 1 is 0.864 bits per heavy atom. The van der Waals surface area contributed by atoms with Crippen LogP contribution < -0.4 is 39.6 Å². The Hall–Kier alpha value is -6.49. The molecule has 2 amide bonds. The lowest BCUT2D eigenvalue weighted by atomic mass is 9.66. The number of carbonyl (C=O) groups is 3. The predicted molar refractivity (Wildman–Crippen MR) is 323 cm³/mol. The number of fused-ring (bicyclic) bond motifs is 6. The molecule has 21 heteroatoms. The lowest BCUT2D eigenvalue weighted by molar-refractivity contribution is -0.364. The second kappa shape index (κ2) is 25.8. The van der Waals surface area contributed by atoms with Gasteiger partial charge in [-0.1, -0.05) is 81.1 Å². The Balaban J connectivity index is 0.623. The van der Waals surface area contributed by atoms with Crippen LogP contribution in [-0.2, 0) is 46.4 Å². The van der Waals surface area contributed by atoms with Crippen LogP contribution in [-0.4, -0.2) is 135 Å². The van der Waals surface area contributed by atoms with Crippen molar-refractivity contribution in [3.05, 3.63) is 117 Å². The molecular formula is C67H82ClN5O15. The van der Waals surface area contributed by atoms with E-state index in [2.05, 4.69) is 74.0 Å². The number of nitrogens with one attached hydrogen (secondary N) is 3. The molecule has 472 valence electrons. The highest BCUT2D eigenvalue weighted by Crippen LogP contribution is 2.63. The minimum absolute atomic E-state index is 0.00172. The molecule has 88 heavy (non-hydrogen) atoms. The van der Waals surface area contributed by atoms with Gasteiger partial charge < -0.3 is 73.5 Å². The summed E-state index contributed by atoms with van der Waals surface area (Å²) in [5, 5.41) is 38.1. The zero-order chi connectivity index (χ0) is 61.6. The van der Waals surface area contributed by atoms with E-state index in [9.17, 15) is 24.6 Å². The number of rotatable bonds is 23.